The quantitative estimate of drug-likeness (QED) is 0.396. The maximum Gasteiger partial charge on any atom is 0.124 e. The molecule has 0 saturated heterocycles. The predicted molar refractivity (Wildman–Crippen MR) is 107 cm³/mol. The highest BCUT2D eigenvalue weighted by atomic mass is 35.5. The molecule has 0 amide bonds. The average Bonchev–Trinajstić information content (AvgIpc) is 3.21. The Kier molecular flexibility index (Phi) is 4.54. The molecule has 4 aromatic rings. The highest BCUT2D eigenvalue weighted by molar-refractivity contribution is 6.32. The number of rotatable bonds is 4. The summed E-state index contributed by atoms with van der Waals surface area (Å²) in [7, 11) is 0. The lowest BCUT2D eigenvalue weighted by Gasteiger charge is -2.38. The van der Waals surface area contributed by atoms with E-state index < -0.39 is 5.54 Å². The molecule has 128 valence electrons. The van der Waals surface area contributed by atoms with Gasteiger partial charge in [-0.3, -0.25) is 0 Å². The third-order valence-corrected chi connectivity index (χ3v) is 5.27. The molecule has 3 aromatic carbocycles. The van der Waals surface area contributed by atoms with E-state index >= 15 is 0 Å². The van der Waals surface area contributed by atoms with Crippen molar-refractivity contribution in [1.29, 1.82) is 0 Å². The zero-order valence-corrected chi connectivity index (χ0v) is 15.4. The third kappa shape index (κ3) is 2.63. The van der Waals surface area contributed by atoms with E-state index in [1.807, 2.05) is 72.9 Å². The number of hydrogen-bond donors (Lipinski definition) is 0. The minimum Gasteiger partial charge on any atom is -0.319 e. The Morgan fingerprint density at radius 1 is 0.692 bits per heavy atom. The lowest BCUT2D eigenvalue weighted by Crippen LogP contribution is -2.37. The Morgan fingerprint density at radius 2 is 1.23 bits per heavy atom. The van der Waals surface area contributed by atoms with E-state index in [2.05, 4.69) is 21.7 Å². The molecule has 4 rings (SSSR count). The summed E-state index contributed by atoms with van der Waals surface area (Å²) >= 11 is 13.4. The smallest absolute Gasteiger partial charge is 0.124 e. The Bertz CT molecular complexity index is 966. The lowest BCUT2D eigenvalue weighted by molar-refractivity contribution is 0.515. The molecule has 0 fully saturated rings. The van der Waals surface area contributed by atoms with Crippen LogP contribution in [0.1, 0.15) is 16.7 Å². The summed E-state index contributed by atoms with van der Waals surface area (Å²) in [5.74, 6) is 0. The summed E-state index contributed by atoms with van der Waals surface area (Å²) in [6.07, 6.45) is 5.52. The molecular weight excluding hydrogens is 363 g/mol. The molecule has 0 bridgehead atoms. The van der Waals surface area contributed by atoms with Crippen LogP contribution in [0.5, 0.6) is 0 Å². The summed E-state index contributed by atoms with van der Waals surface area (Å²) in [5, 5.41) is 1.34. The molecule has 0 aliphatic rings. The second-order valence-electron chi connectivity index (χ2n) is 6.01. The first-order chi connectivity index (χ1) is 12.7. The molecule has 0 spiro atoms. The van der Waals surface area contributed by atoms with Crippen LogP contribution >= 0.6 is 23.2 Å². The zero-order valence-electron chi connectivity index (χ0n) is 13.9. The van der Waals surface area contributed by atoms with Crippen molar-refractivity contribution in [1.82, 2.24) is 9.55 Å². The average molecular weight is 379 g/mol. The molecule has 0 radical (unpaired) electrons. The third-order valence-electron chi connectivity index (χ3n) is 4.61. The molecule has 26 heavy (non-hydrogen) atoms. The monoisotopic (exact) mass is 378 g/mol. The Hall–Kier alpha value is -2.55. The predicted octanol–water partition coefficient (Wildman–Crippen LogP) is 6.03. The Morgan fingerprint density at radius 3 is 1.73 bits per heavy atom. The van der Waals surface area contributed by atoms with Crippen LogP contribution in [0, 0.1) is 0 Å². The van der Waals surface area contributed by atoms with Crippen LogP contribution in [-0.4, -0.2) is 9.55 Å². The fourth-order valence-electron chi connectivity index (χ4n) is 3.53. The maximum atomic E-state index is 6.70. The summed E-state index contributed by atoms with van der Waals surface area (Å²) in [5.41, 5.74) is 2.21. The second-order valence-corrected chi connectivity index (χ2v) is 6.82. The van der Waals surface area contributed by atoms with Crippen molar-refractivity contribution in [3.63, 3.8) is 0 Å². The number of nitrogens with zero attached hydrogens (tertiary/aromatic N) is 2. The van der Waals surface area contributed by atoms with Gasteiger partial charge in [0.1, 0.15) is 5.54 Å². The number of aromatic nitrogens is 2. The van der Waals surface area contributed by atoms with Gasteiger partial charge in [0.2, 0.25) is 0 Å². The molecule has 0 aliphatic carbocycles. The van der Waals surface area contributed by atoms with Crippen LogP contribution in [0.2, 0.25) is 10.0 Å². The number of halogens is 2. The Labute approximate surface area is 162 Å². The van der Waals surface area contributed by atoms with Gasteiger partial charge in [0.15, 0.2) is 0 Å². The molecule has 0 unspecified atom stereocenters. The summed E-state index contributed by atoms with van der Waals surface area (Å²) in [6.45, 7) is 0. The van der Waals surface area contributed by atoms with Crippen molar-refractivity contribution in [3.8, 4) is 0 Å². The van der Waals surface area contributed by atoms with Crippen LogP contribution in [0.3, 0.4) is 0 Å². The van der Waals surface area contributed by atoms with E-state index in [1.54, 1.807) is 12.5 Å². The van der Waals surface area contributed by atoms with Crippen molar-refractivity contribution in [2.45, 2.75) is 5.54 Å². The van der Waals surface area contributed by atoms with E-state index in [9.17, 15) is 0 Å². The topological polar surface area (TPSA) is 17.8 Å². The lowest BCUT2D eigenvalue weighted by atomic mass is 9.76. The van der Waals surface area contributed by atoms with Gasteiger partial charge in [-0.05, 0) is 17.7 Å². The summed E-state index contributed by atoms with van der Waals surface area (Å²) < 4.78 is 2.06. The molecule has 4 heteroatoms. The van der Waals surface area contributed by atoms with E-state index in [0.29, 0.717) is 10.0 Å². The van der Waals surface area contributed by atoms with E-state index in [0.717, 1.165) is 16.7 Å². The number of benzene rings is 3. The van der Waals surface area contributed by atoms with Gasteiger partial charge >= 0.3 is 0 Å². The minimum absolute atomic E-state index is 0.671. The van der Waals surface area contributed by atoms with E-state index in [1.165, 1.54) is 0 Å². The first-order valence-corrected chi connectivity index (χ1v) is 9.04. The highest BCUT2D eigenvalue weighted by Gasteiger charge is 2.40. The summed E-state index contributed by atoms with van der Waals surface area (Å²) in [4.78, 5) is 4.30. The molecule has 2 nitrogen and oxygen atoms in total. The molecule has 0 aliphatic heterocycles. The van der Waals surface area contributed by atoms with E-state index in [-0.39, 0.29) is 0 Å². The molecule has 1 heterocycles. The fourth-order valence-corrected chi connectivity index (χ4v) is 4.07. The van der Waals surface area contributed by atoms with Gasteiger partial charge in [-0.2, -0.15) is 0 Å². The van der Waals surface area contributed by atoms with Gasteiger partial charge in [-0.25, -0.2) is 4.98 Å². The van der Waals surface area contributed by atoms with Crippen LogP contribution in [-0.2, 0) is 5.54 Å². The molecule has 0 atom stereocenters. The first-order valence-electron chi connectivity index (χ1n) is 8.28. The summed E-state index contributed by atoms with van der Waals surface area (Å²) in [6, 6.07) is 26.0. The number of imidazole rings is 1. The second kappa shape index (κ2) is 6.99. The van der Waals surface area contributed by atoms with Crippen LogP contribution in [0.25, 0.3) is 0 Å². The van der Waals surface area contributed by atoms with Crippen LogP contribution in [0.4, 0.5) is 0 Å². The molecule has 0 saturated carbocycles. The van der Waals surface area contributed by atoms with Gasteiger partial charge in [0, 0.05) is 33.6 Å². The molecular formula is C22H16Cl2N2. The molecule has 0 N–H and O–H groups in total. The van der Waals surface area contributed by atoms with Gasteiger partial charge < -0.3 is 4.57 Å². The first kappa shape index (κ1) is 16.9. The van der Waals surface area contributed by atoms with Crippen molar-refractivity contribution in [2.75, 3.05) is 0 Å². The number of hydrogen-bond acceptors (Lipinski definition) is 1. The van der Waals surface area contributed by atoms with Crippen LogP contribution in [0.15, 0.2) is 97.6 Å². The molecule has 1 aromatic heterocycles. The Balaban J connectivity index is 2.19. The van der Waals surface area contributed by atoms with Crippen molar-refractivity contribution >= 4 is 23.2 Å². The van der Waals surface area contributed by atoms with E-state index in [4.69, 9.17) is 23.2 Å². The van der Waals surface area contributed by atoms with Gasteiger partial charge in [0.05, 0.1) is 6.33 Å². The normalized spacial score (nSPS) is 11.5. The van der Waals surface area contributed by atoms with Crippen molar-refractivity contribution in [2.24, 2.45) is 0 Å². The van der Waals surface area contributed by atoms with Gasteiger partial charge in [0.25, 0.3) is 0 Å². The van der Waals surface area contributed by atoms with Crippen molar-refractivity contribution < 1.29 is 0 Å². The fraction of sp³-hybridized carbons (Fsp3) is 0.0455. The maximum absolute atomic E-state index is 6.70. The van der Waals surface area contributed by atoms with Gasteiger partial charge in [-0.1, -0.05) is 89.9 Å². The SMILES string of the molecule is Clc1ccccc1C(c1ccccc1)(c1ccccc1Cl)n1ccnc1. The van der Waals surface area contributed by atoms with Crippen molar-refractivity contribution in [3.05, 3.63) is 124 Å². The zero-order chi connectivity index (χ0) is 18.0. The van der Waals surface area contributed by atoms with Gasteiger partial charge in [-0.15, -0.1) is 0 Å². The largest absolute Gasteiger partial charge is 0.319 e. The minimum atomic E-state index is -0.728. The highest BCUT2D eigenvalue weighted by Crippen LogP contribution is 2.45. The van der Waals surface area contributed by atoms with Crippen LogP contribution < -0.4 is 0 Å². The standard InChI is InChI=1S/C22H16Cl2N2/c23-20-12-6-4-10-18(20)22(26-15-14-25-16-26,17-8-2-1-3-9-17)19-11-5-7-13-21(19)24/h1-16H.